The van der Waals surface area contributed by atoms with Crippen LogP contribution in [0.1, 0.15) is 23.0 Å². The summed E-state index contributed by atoms with van der Waals surface area (Å²) in [4.78, 5) is 18.0. The maximum atomic E-state index is 12.9. The summed E-state index contributed by atoms with van der Waals surface area (Å²) < 4.78 is 10.5. The monoisotopic (exact) mass is 335 g/mol. The van der Waals surface area contributed by atoms with E-state index in [1.165, 1.54) is 18.4 Å². The van der Waals surface area contributed by atoms with Gasteiger partial charge in [-0.15, -0.1) is 0 Å². The zero-order chi connectivity index (χ0) is 15.9. The number of ketones is 1. The molecule has 0 fully saturated rings. The average molecular weight is 336 g/mol. The minimum absolute atomic E-state index is 0.128. The van der Waals surface area contributed by atoms with Gasteiger partial charge in [-0.3, -0.25) is 9.79 Å². The molecule has 1 aliphatic carbocycles. The number of fused-ring (bicyclic) bond motifs is 1. The molecule has 1 aliphatic heterocycles. The van der Waals surface area contributed by atoms with Gasteiger partial charge in [0.25, 0.3) is 0 Å². The van der Waals surface area contributed by atoms with E-state index in [9.17, 15) is 4.79 Å². The molecule has 114 valence electrons. The summed E-state index contributed by atoms with van der Waals surface area (Å²) in [5.74, 6) is 0.301. The number of thiophene rings is 1. The topological polar surface area (TPSA) is 47.9 Å². The first kappa shape index (κ1) is 15.1. The van der Waals surface area contributed by atoms with Crippen LogP contribution in [-0.4, -0.2) is 25.7 Å². The Kier molecular flexibility index (Phi) is 3.93. The minimum atomic E-state index is -0.128. The summed E-state index contributed by atoms with van der Waals surface area (Å²) in [5, 5.41) is 1.19. The van der Waals surface area contributed by atoms with Gasteiger partial charge in [0.05, 0.1) is 35.4 Å². The van der Waals surface area contributed by atoms with Crippen molar-refractivity contribution in [2.24, 2.45) is 4.99 Å². The molecule has 0 N–H and O–H groups in total. The van der Waals surface area contributed by atoms with Gasteiger partial charge in [0, 0.05) is 17.7 Å². The lowest BCUT2D eigenvalue weighted by Gasteiger charge is -2.20. The van der Waals surface area contributed by atoms with Crippen molar-refractivity contribution in [3.8, 4) is 5.06 Å². The summed E-state index contributed by atoms with van der Waals surface area (Å²) in [6.07, 6.45) is 2.38. The second-order valence-corrected chi connectivity index (χ2v) is 6.40. The lowest BCUT2D eigenvalue weighted by Crippen LogP contribution is -2.18. The second kappa shape index (κ2) is 5.74. The molecule has 0 radical (unpaired) electrons. The molecule has 22 heavy (non-hydrogen) atoms. The van der Waals surface area contributed by atoms with Crippen LogP contribution in [0.4, 0.5) is 0 Å². The fourth-order valence-electron chi connectivity index (χ4n) is 2.55. The number of aliphatic imine (C=N–C) groups is 1. The van der Waals surface area contributed by atoms with Crippen molar-refractivity contribution < 1.29 is 14.3 Å². The Morgan fingerprint density at radius 1 is 1.32 bits per heavy atom. The van der Waals surface area contributed by atoms with Crippen LogP contribution < -0.4 is 4.74 Å². The number of methoxy groups -OCH3 is 2. The summed E-state index contributed by atoms with van der Waals surface area (Å²) in [7, 11) is 3.10. The summed E-state index contributed by atoms with van der Waals surface area (Å²) in [6, 6.07) is 3.52. The van der Waals surface area contributed by atoms with Crippen molar-refractivity contribution in [3.05, 3.63) is 50.7 Å². The molecule has 0 unspecified atom stereocenters. The fraction of sp³-hybridized carbons (Fsp3) is 0.250. The molecule has 1 aromatic heterocycles. The molecule has 3 rings (SSSR count). The third kappa shape index (κ3) is 2.40. The number of carbonyl (C=O) groups is 1. The SMILES string of the molecule is COC1=C(Cl)CC2=NC(C)=CC2=C1C(=O)c1ccc(OC)s1. The molecule has 0 bridgehead atoms. The zero-order valence-electron chi connectivity index (χ0n) is 12.4. The Labute approximate surface area is 137 Å². The molecule has 0 amide bonds. The molecule has 0 saturated carbocycles. The highest BCUT2D eigenvalue weighted by molar-refractivity contribution is 7.16. The molecule has 6 heteroatoms. The van der Waals surface area contributed by atoms with Crippen molar-refractivity contribution in [3.63, 3.8) is 0 Å². The Morgan fingerprint density at radius 2 is 2.09 bits per heavy atom. The van der Waals surface area contributed by atoms with Crippen LogP contribution in [0.3, 0.4) is 0 Å². The maximum absolute atomic E-state index is 12.9. The molecular formula is C16H14ClNO3S. The Hall–Kier alpha value is -1.85. The van der Waals surface area contributed by atoms with Gasteiger partial charge in [-0.1, -0.05) is 22.9 Å². The number of halogens is 1. The van der Waals surface area contributed by atoms with Crippen LogP contribution in [-0.2, 0) is 4.74 Å². The summed E-state index contributed by atoms with van der Waals surface area (Å²) in [6.45, 7) is 1.90. The molecule has 1 aromatic rings. The molecule has 0 spiro atoms. The smallest absolute Gasteiger partial charge is 0.207 e. The van der Waals surface area contributed by atoms with Crippen LogP contribution in [0.25, 0.3) is 0 Å². The van der Waals surface area contributed by atoms with E-state index in [1.54, 1.807) is 19.2 Å². The number of rotatable bonds is 4. The first-order valence-corrected chi connectivity index (χ1v) is 7.86. The first-order valence-electron chi connectivity index (χ1n) is 6.67. The highest BCUT2D eigenvalue weighted by atomic mass is 35.5. The van der Waals surface area contributed by atoms with Crippen molar-refractivity contribution in [1.29, 1.82) is 0 Å². The van der Waals surface area contributed by atoms with Gasteiger partial charge in [0.15, 0.2) is 5.06 Å². The predicted octanol–water partition coefficient (Wildman–Crippen LogP) is 4.09. The standard InChI is InChI=1S/C16H14ClNO3S/c1-8-6-9-11(18-8)7-10(17)16(21-3)14(9)15(19)12-4-5-13(20-2)22-12/h4-6H,7H2,1-3H3. The largest absolute Gasteiger partial charge is 0.495 e. The molecule has 0 aromatic carbocycles. The third-order valence-corrected chi connectivity index (χ3v) is 4.83. The normalized spacial score (nSPS) is 17.3. The number of nitrogens with zero attached hydrogens (tertiary/aromatic N) is 1. The summed E-state index contributed by atoms with van der Waals surface area (Å²) >= 11 is 7.59. The highest BCUT2D eigenvalue weighted by Crippen LogP contribution is 2.38. The van der Waals surface area contributed by atoms with Gasteiger partial charge in [-0.05, 0) is 25.1 Å². The van der Waals surface area contributed by atoms with Crippen LogP contribution in [0.2, 0.25) is 0 Å². The Bertz CT molecular complexity index is 783. The van der Waals surface area contributed by atoms with Crippen LogP contribution in [0, 0.1) is 0 Å². The van der Waals surface area contributed by atoms with Crippen molar-refractivity contribution in [2.75, 3.05) is 14.2 Å². The quantitative estimate of drug-likeness (QED) is 0.778. The van der Waals surface area contributed by atoms with Crippen molar-refractivity contribution >= 4 is 34.4 Å². The number of Topliss-reactive ketones (excluding diaryl/α,β-unsaturated/α-hetero) is 1. The Balaban J connectivity index is 2.13. The molecule has 4 nitrogen and oxygen atoms in total. The van der Waals surface area contributed by atoms with E-state index >= 15 is 0 Å². The van der Waals surface area contributed by atoms with Gasteiger partial charge in [0.1, 0.15) is 5.76 Å². The van der Waals surface area contributed by atoms with Crippen molar-refractivity contribution in [1.82, 2.24) is 0 Å². The number of carbonyl (C=O) groups excluding carboxylic acids is 1. The number of hydrogen-bond acceptors (Lipinski definition) is 5. The zero-order valence-corrected chi connectivity index (χ0v) is 14.0. The van der Waals surface area contributed by atoms with E-state index in [4.69, 9.17) is 21.1 Å². The van der Waals surface area contributed by atoms with E-state index in [2.05, 4.69) is 4.99 Å². The van der Waals surface area contributed by atoms with E-state index in [0.717, 1.165) is 17.0 Å². The van der Waals surface area contributed by atoms with Crippen LogP contribution in [0.5, 0.6) is 5.06 Å². The summed E-state index contributed by atoms with van der Waals surface area (Å²) in [5.41, 5.74) is 2.95. The molecule has 0 atom stereocenters. The van der Waals surface area contributed by atoms with Gasteiger partial charge in [-0.25, -0.2) is 0 Å². The highest BCUT2D eigenvalue weighted by Gasteiger charge is 2.33. The minimum Gasteiger partial charge on any atom is -0.495 e. The molecule has 2 heterocycles. The fourth-order valence-corrected chi connectivity index (χ4v) is 3.61. The first-order chi connectivity index (χ1) is 10.5. The van der Waals surface area contributed by atoms with Gasteiger partial charge in [0.2, 0.25) is 5.78 Å². The van der Waals surface area contributed by atoms with E-state index in [1.807, 2.05) is 13.0 Å². The number of allylic oxidation sites excluding steroid dienone is 5. The molecular weight excluding hydrogens is 322 g/mol. The predicted molar refractivity (Wildman–Crippen MR) is 87.9 cm³/mol. The van der Waals surface area contributed by atoms with E-state index < -0.39 is 0 Å². The lowest BCUT2D eigenvalue weighted by molar-refractivity contribution is 0.103. The average Bonchev–Trinajstić information content (AvgIpc) is 3.10. The van der Waals surface area contributed by atoms with Crippen LogP contribution in [0.15, 0.2) is 50.8 Å². The number of ether oxygens (including phenoxy) is 2. The van der Waals surface area contributed by atoms with Gasteiger partial charge < -0.3 is 9.47 Å². The van der Waals surface area contributed by atoms with Crippen LogP contribution >= 0.6 is 22.9 Å². The second-order valence-electron chi connectivity index (χ2n) is 4.90. The van der Waals surface area contributed by atoms with Gasteiger partial charge in [-0.2, -0.15) is 0 Å². The van der Waals surface area contributed by atoms with E-state index in [0.29, 0.717) is 32.7 Å². The van der Waals surface area contributed by atoms with Crippen molar-refractivity contribution in [2.45, 2.75) is 13.3 Å². The molecule has 2 aliphatic rings. The number of hydrogen-bond donors (Lipinski definition) is 0. The third-order valence-electron chi connectivity index (χ3n) is 3.48. The maximum Gasteiger partial charge on any atom is 0.207 e. The van der Waals surface area contributed by atoms with Gasteiger partial charge >= 0.3 is 0 Å². The molecule has 0 saturated heterocycles. The lowest BCUT2D eigenvalue weighted by atomic mass is 9.91. The van der Waals surface area contributed by atoms with E-state index in [-0.39, 0.29) is 5.78 Å². The Morgan fingerprint density at radius 3 is 2.73 bits per heavy atom.